The lowest BCUT2D eigenvalue weighted by Gasteiger charge is -2.32. The van der Waals surface area contributed by atoms with E-state index in [4.69, 9.17) is 9.15 Å². The molecule has 1 aliphatic rings. The maximum atomic E-state index is 7.11. The Labute approximate surface area is 299 Å². The van der Waals surface area contributed by atoms with Gasteiger partial charge in [-0.1, -0.05) is 109 Å². The maximum Gasteiger partial charge on any atom is 0.166 e. The van der Waals surface area contributed by atoms with E-state index in [1.807, 2.05) is 12.1 Å². The first-order chi connectivity index (χ1) is 25.3. The molecule has 0 fully saturated rings. The van der Waals surface area contributed by atoms with Gasteiger partial charge in [0.15, 0.2) is 5.75 Å². The number of furan rings is 1. The van der Waals surface area contributed by atoms with Gasteiger partial charge in [-0.05, 0) is 84.2 Å². The van der Waals surface area contributed by atoms with Crippen molar-refractivity contribution in [3.8, 4) is 11.5 Å². The number of benzene rings is 8. The third-order valence-corrected chi connectivity index (χ3v) is 10.5. The van der Waals surface area contributed by atoms with Crippen molar-refractivity contribution in [2.24, 2.45) is 0 Å². The zero-order valence-electron chi connectivity index (χ0n) is 27.4. The lowest BCUT2D eigenvalue weighted by molar-refractivity contribution is 0.457. The summed E-state index contributed by atoms with van der Waals surface area (Å²) in [5.74, 6) is 1.66. The smallest absolute Gasteiger partial charge is 0.166 e. The van der Waals surface area contributed by atoms with Crippen LogP contribution in [0.4, 0.5) is 34.1 Å². The highest BCUT2D eigenvalue weighted by Gasteiger charge is 2.29. The van der Waals surface area contributed by atoms with Crippen molar-refractivity contribution in [3.05, 3.63) is 182 Å². The molecule has 1 aromatic heterocycles. The third kappa shape index (κ3) is 5.09. The third-order valence-electron chi connectivity index (χ3n) is 9.44. The fourth-order valence-electron chi connectivity index (χ4n) is 7.15. The van der Waals surface area contributed by atoms with Gasteiger partial charge in [0.05, 0.1) is 15.5 Å². The summed E-state index contributed by atoms with van der Waals surface area (Å²) in [7, 11) is 0. The first-order valence-electron chi connectivity index (χ1n) is 17.0. The van der Waals surface area contributed by atoms with Gasteiger partial charge < -0.3 is 19.0 Å². The summed E-state index contributed by atoms with van der Waals surface area (Å²) in [6, 6.07) is 63.6. The van der Waals surface area contributed by atoms with Gasteiger partial charge in [0.2, 0.25) is 0 Å². The standard InChI is InChI=1S/C46H30N2O2S/c1-4-15-32(16-5-1)47(35-24-26-41-39(29-35)38-22-12-13-23-40(38)49-41)36-25-27-43-42(30-36)50-46-44(51-43)28-31-14-10-11-21-37(31)45(46)48(33-17-6-2-7-18-33)34-19-8-3-9-20-34/h1-30H. The number of rotatable bonds is 6. The molecule has 0 saturated heterocycles. The van der Waals surface area contributed by atoms with E-state index in [0.29, 0.717) is 0 Å². The Morgan fingerprint density at radius 2 is 0.961 bits per heavy atom. The van der Waals surface area contributed by atoms with Crippen LogP contribution in [-0.2, 0) is 0 Å². The van der Waals surface area contributed by atoms with Crippen molar-refractivity contribution in [2.75, 3.05) is 9.80 Å². The minimum Gasteiger partial charge on any atom is -0.456 e. The van der Waals surface area contributed by atoms with Crippen molar-refractivity contribution >= 4 is 78.6 Å². The highest BCUT2D eigenvalue weighted by molar-refractivity contribution is 7.99. The molecule has 51 heavy (non-hydrogen) atoms. The number of nitrogens with zero attached hydrogens (tertiary/aromatic N) is 2. The maximum absolute atomic E-state index is 7.11. The Kier molecular flexibility index (Phi) is 7.03. The van der Waals surface area contributed by atoms with Crippen molar-refractivity contribution in [1.82, 2.24) is 0 Å². The predicted molar refractivity (Wildman–Crippen MR) is 211 cm³/mol. The Balaban J connectivity index is 1.14. The predicted octanol–water partition coefficient (Wildman–Crippen LogP) is 13.9. The van der Waals surface area contributed by atoms with Gasteiger partial charge in [-0.15, -0.1) is 0 Å². The monoisotopic (exact) mass is 674 g/mol. The van der Waals surface area contributed by atoms with E-state index in [1.54, 1.807) is 11.8 Å². The zero-order chi connectivity index (χ0) is 33.7. The largest absolute Gasteiger partial charge is 0.456 e. The topological polar surface area (TPSA) is 28.9 Å². The summed E-state index contributed by atoms with van der Waals surface area (Å²) in [6.45, 7) is 0. The van der Waals surface area contributed by atoms with Gasteiger partial charge in [0.25, 0.3) is 0 Å². The Morgan fingerprint density at radius 1 is 0.392 bits per heavy atom. The van der Waals surface area contributed by atoms with Gasteiger partial charge in [-0.3, -0.25) is 0 Å². The van der Waals surface area contributed by atoms with Crippen LogP contribution in [0.3, 0.4) is 0 Å². The van der Waals surface area contributed by atoms with Crippen molar-refractivity contribution in [1.29, 1.82) is 0 Å². The fraction of sp³-hybridized carbons (Fsp3) is 0. The summed E-state index contributed by atoms with van der Waals surface area (Å²) < 4.78 is 13.3. The molecule has 9 aromatic rings. The zero-order valence-corrected chi connectivity index (χ0v) is 28.3. The lowest BCUT2D eigenvalue weighted by atomic mass is 10.0. The minimum atomic E-state index is 0.818. The van der Waals surface area contributed by atoms with Crippen LogP contribution in [0.15, 0.2) is 196 Å². The number of fused-ring (bicyclic) bond motifs is 6. The molecule has 0 saturated carbocycles. The van der Waals surface area contributed by atoms with Crippen molar-refractivity contribution < 1.29 is 9.15 Å². The van der Waals surface area contributed by atoms with E-state index in [1.165, 1.54) is 0 Å². The van der Waals surface area contributed by atoms with Crippen LogP contribution in [0.1, 0.15) is 0 Å². The molecule has 0 bridgehead atoms. The molecule has 0 spiro atoms. The highest BCUT2D eigenvalue weighted by atomic mass is 32.2. The number of para-hydroxylation sites is 4. The number of hydrogen-bond donors (Lipinski definition) is 0. The molecule has 242 valence electrons. The molecule has 1 aliphatic heterocycles. The van der Waals surface area contributed by atoms with Crippen LogP contribution in [0.2, 0.25) is 0 Å². The Morgan fingerprint density at radius 3 is 1.69 bits per heavy atom. The van der Waals surface area contributed by atoms with E-state index in [-0.39, 0.29) is 0 Å². The molecule has 0 unspecified atom stereocenters. The van der Waals surface area contributed by atoms with Gasteiger partial charge in [-0.2, -0.15) is 0 Å². The number of anilines is 6. The van der Waals surface area contributed by atoms with Crippen LogP contribution >= 0.6 is 11.8 Å². The molecule has 0 atom stereocenters. The lowest BCUT2D eigenvalue weighted by Crippen LogP contribution is -2.13. The van der Waals surface area contributed by atoms with Crippen LogP contribution < -0.4 is 14.5 Å². The molecular weight excluding hydrogens is 645 g/mol. The van der Waals surface area contributed by atoms with Crippen LogP contribution in [0.5, 0.6) is 11.5 Å². The SMILES string of the molecule is c1ccc(N(c2ccc3c(c2)Oc2c(cc4ccccc4c2N(c2ccccc2)c2ccccc2)S3)c2ccc3oc4ccccc4c3c2)cc1. The molecular formula is C46H30N2O2S. The second-order valence-electron chi connectivity index (χ2n) is 12.6. The minimum absolute atomic E-state index is 0.818. The Hall–Kier alpha value is -6.43. The average Bonchev–Trinajstić information content (AvgIpc) is 3.57. The van der Waals surface area contributed by atoms with E-state index in [2.05, 4.69) is 180 Å². The molecule has 4 nitrogen and oxygen atoms in total. The molecule has 0 N–H and O–H groups in total. The van der Waals surface area contributed by atoms with E-state index >= 15 is 0 Å². The van der Waals surface area contributed by atoms with Crippen LogP contribution in [-0.4, -0.2) is 0 Å². The molecule has 5 heteroatoms. The van der Waals surface area contributed by atoms with E-state index < -0.39 is 0 Å². The van der Waals surface area contributed by atoms with Crippen LogP contribution in [0, 0.1) is 0 Å². The summed E-state index contributed by atoms with van der Waals surface area (Å²) in [4.78, 5) is 6.75. The second kappa shape index (κ2) is 12.2. The Bertz CT molecular complexity index is 2670. The van der Waals surface area contributed by atoms with E-state index in [0.717, 1.165) is 88.1 Å². The summed E-state index contributed by atoms with van der Waals surface area (Å²) in [5, 5.41) is 4.47. The summed E-state index contributed by atoms with van der Waals surface area (Å²) in [6.07, 6.45) is 0. The molecule has 0 radical (unpaired) electrons. The number of hydrogen-bond acceptors (Lipinski definition) is 5. The molecule has 0 amide bonds. The summed E-state index contributed by atoms with van der Waals surface area (Å²) >= 11 is 1.75. The summed E-state index contributed by atoms with van der Waals surface area (Å²) in [5.41, 5.74) is 7.99. The average molecular weight is 675 g/mol. The molecule has 2 heterocycles. The molecule has 8 aromatic carbocycles. The van der Waals surface area contributed by atoms with Crippen molar-refractivity contribution in [3.63, 3.8) is 0 Å². The number of ether oxygens (including phenoxy) is 1. The van der Waals surface area contributed by atoms with Crippen molar-refractivity contribution in [2.45, 2.75) is 9.79 Å². The highest BCUT2D eigenvalue weighted by Crippen LogP contribution is 2.56. The van der Waals surface area contributed by atoms with Crippen LogP contribution in [0.25, 0.3) is 32.7 Å². The van der Waals surface area contributed by atoms with Gasteiger partial charge in [0, 0.05) is 50.7 Å². The van der Waals surface area contributed by atoms with Gasteiger partial charge in [0.1, 0.15) is 16.9 Å². The van der Waals surface area contributed by atoms with E-state index in [9.17, 15) is 0 Å². The fourth-order valence-corrected chi connectivity index (χ4v) is 8.14. The first-order valence-corrected chi connectivity index (χ1v) is 17.8. The first kappa shape index (κ1) is 29.5. The normalized spacial score (nSPS) is 12.0. The molecule has 0 aliphatic carbocycles. The van der Waals surface area contributed by atoms with Gasteiger partial charge in [-0.25, -0.2) is 0 Å². The van der Waals surface area contributed by atoms with Gasteiger partial charge >= 0.3 is 0 Å². The quantitative estimate of drug-likeness (QED) is 0.175. The second-order valence-corrected chi connectivity index (χ2v) is 13.6. The molecule has 10 rings (SSSR count).